The maximum atomic E-state index is 3.78. The zero-order chi connectivity index (χ0) is 13.3. The maximum Gasteiger partial charge on any atom is 0.00204 e. The van der Waals surface area contributed by atoms with Gasteiger partial charge in [-0.15, -0.1) is 0 Å². The molecule has 1 unspecified atom stereocenters. The third kappa shape index (κ3) is 2.72. The normalized spacial score (nSPS) is 24.3. The Hall–Kier alpha value is -0.820. The third-order valence-electron chi connectivity index (χ3n) is 5.48. The van der Waals surface area contributed by atoms with Gasteiger partial charge in [0.05, 0.1) is 0 Å². The Labute approximate surface area is 117 Å². The number of hydrogen-bond donors (Lipinski definition) is 1. The van der Waals surface area contributed by atoms with Crippen LogP contribution in [0, 0.1) is 11.3 Å². The maximum absolute atomic E-state index is 3.78. The van der Waals surface area contributed by atoms with E-state index >= 15 is 0 Å². The molecule has 0 heterocycles. The van der Waals surface area contributed by atoms with E-state index in [9.17, 15) is 0 Å². The molecular weight excluding hydrogens is 230 g/mol. The average molecular weight is 257 g/mol. The molecule has 0 bridgehead atoms. The van der Waals surface area contributed by atoms with Gasteiger partial charge in [0.1, 0.15) is 0 Å². The number of hydrogen-bond acceptors (Lipinski definition) is 1. The number of benzene rings is 1. The summed E-state index contributed by atoms with van der Waals surface area (Å²) in [6.07, 6.45) is 6.86. The second-order valence-corrected chi connectivity index (χ2v) is 6.94. The second kappa shape index (κ2) is 5.28. The van der Waals surface area contributed by atoms with Gasteiger partial charge in [-0.1, -0.05) is 38.1 Å². The molecule has 1 fully saturated rings. The van der Waals surface area contributed by atoms with Gasteiger partial charge in [0.25, 0.3) is 0 Å². The summed E-state index contributed by atoms with van der Waals surface area (Å²) < 4.78 is 0. The summed E-state index contributed by atoms with van der Waals surface area (Å²) >= 11 is 0. The van der Waals surface area contributed by atoms with Gasteiger partial charge in [-0.25, -0.2) is 0 Å². The van der Waals surface area contributed by atoms with Crippen molar-refractivity contribution in [1.82, 2.24) is 5.32 Å². The van der Waals surface area contributed by atoms with Gasteiger partial charge in [0, 0.05) is 13.1 Å². The van der Waals surface area contributed by atoms with Crippen LogP contribution in [0.1, 0.15) is 56.6 Å². The molecule has 1 aromatic rings. The fourth-order valence-corrected chi connectivity index (χ4v) is 3.68. The Bertz CT molecular complexity index is 431. The summed E-state index contributed by atoms with van der Waals surface area (Å²) in [5.74, 6) is 1.58. The number of fused-ring (bicyclic) bond motifs is 1. The molecule has 1 aromatic carbocycles. The van der Waals surface area contributed by atoms with E-state index in [1.165, 1.54) is 45.2 Å². The molecule has 0 saturated heterocycles. The summed E-state index contributed by atoms with van der Waals surface area (Å²) in [6.45, 7) is 7.16. The highest BCUT2D eigenvalue weighted by Gasteiger charge is 2.44. The third-order valence-corrected chi connectivity index (χ3v) is 5.48. The number of aryl methyl sites for hydroxylation is 1. The summed E-state index contributed by atoms with van der Waals surface area (Å²) in [5, 5.41) is 3.78. The van der Waals surface area contributed by atoms with Gasteiger partial charge in [0.15, 0.2) is 0 Å². The molecule has 0 radical (unpaired) electrons. The van der Waals surface area contributed by atoms with Crippen LogP contribution in [0.4, 0.5) is 0 Å². The lowest BCUT2D eigenvalue weighted by molar-refractivity contribution is 0.331. The fourth-order valence-electron chi connectivity index (χ4n) is 3.68. The second-order valence-electron chi connectivity index (χ2n) is 6.94. The van der Waals surface area contributed by atoms with E-state index in [4.69, 9.17) is 0 Å². The van der Waals surface area contributed by atoms with Crippen LogP contribution in [0.3, 0.4) is 0 Å². The summed E-state index contributed by atoms with van der Waals surface area (Å²) in [7, 11) is 0. The van der Waals surface area contributed by atoms with E-state index in [0.717, 1.165) is 11.8 Å². The van der Waals surface area contributed by atoms with Crippen molar-refractivity contribution in [3.63, 3.8) is 0 Å². The van der Waals surface area contributed by atoms with Gasteiger partial charge >= 0.3 is 0 Å². The predicted octanol–water partition coefficient (Wildman–Crippen LogP) is 4.13. The molecule has 0 aromatic heterocycles. The first-order valence-electron chi connectivity index (χ1n) is 8.00. The number of rotatable bonds is 5. The monoisotopic (exact) mass is 257 g/mol. The Kier molecular flexibility index (Phi) is 3.66. The minimum Gasteiger partial charge on any atom is -0.316 e. The van der Waals surface area contributed by atoms with Crippen molar-refractivity contribution in [2.45, 2.75) is 51.9 Å². The smallest absolute Gasteiger partial charge is 0.00204 e. The van der Waals surface area contributed by atoms with Crippen molar-refractivity contribution >= 4 is 0 Å². The Morgan fingerprint density at radius 2 is 2.05 bits per heavy atom. The molecule has 1 nitrogen and oxygen atoms in total. The number of nitrogens with one attached hydrogen (secondary N) is 1. The lowest BCUT2D eigenvalue weighted by Crippen LogP contribution is -2.31. The van der Waals surface area contributed by atoms with Crippen molar-refractivity contribution in [2.24, 2.45) is 11.3 Å². The molecule has 19 heavy (non-hydrogen) atoms. The first kappa shape index (κ1) is 13.2. The van der Waals surface area contributed by atoms with E-state index in [1.54, 1.807) is 11.1 Å². The van der Waals surface area contributed by atoms with Gasteiger partial charge in [-0.3, -0.25) is 0 Å². The van der Waals surface area contributed by atoms with Gasteiger partial charge < -0.3 is 5.32 Å². The van der Waals surface area contributed by atoms with Crippen molar-refractivity contribution in [3.05, 3.63) is 35.4 Å². The topological polar surface area (TPSA) is 12.0 Å². The summed E-state index contributed by atoms with van der Waals surface area (Å²) in [6, 6.07) is 9.05. The first-order chi connectivity index (χ1) is 9.21. The van der Waals surface area contributed by atoms with Crippen LogP contribution in [0.25, 0.3) is 0 Å². The molecule has 2 aliphatic rings. The van der Waals surface area contributed by atoms with Crippen LogP contribution in [0.2, 0.25) is 0 Å². The van der Waals surface area contributed by atoms with Crippen LogP contribution < -0.4 is 5.32 Å². The van der Waals surface area contributed by atoms with Gasteiger partial charge in [-0.05, 0) is 60.5 Å². The lowest BCUT2D eigenvalue weighted by Gasteiger charge is -2.27. The largest absolute Gasteiger partial charge is 0.316 e. The highest BCUT2D eigenvalue weighted by Crippen LogP contribution is 2.51. The van der Waals surface area contributed by atoms with E-state index in [-0.39, 0.29) is 0 Å². The van der Waals surface area contributed by atoms with Gasteiger partial charge in [-0.2, -0.15) is 0 Å². The zero-order valence-corrected chi connectivity index (χ0v) is 12.4. The molecule has 1 N–H and O–H groups in total. The molecule has 2 aliphatic carbocycles. The van der Waals surface area contributed by atoms with Crippen molar-refractivity contribution in [3.8, 4) is 0 Å². The van der Waals surface area contributed by atoms with Crippen LogP contribution in [0.5, 0.6) is 0 Å². The molecule has 0 spiro atoms. The molecule has 1 saturated carbocycles. The molecule has 1 atom stereocenters. The first-order valence-corrected chi connectivity index (χ1v) is 8.00. The average Bonchev–Trinajstić information content (AvgIpc) is 3.20. The lowest BCUT2D eigenvalue weighted by atomic mass is 9.82. The van der Waals surface area contributed by atoms with E-state index in [2.05, 4.69) is 43.4 Å². The molecule has 0 aliphatic heterocycles. The minimum absolute atomic E-state index is 0.633. The highest BCUT2D eigenvalue weighted by molar-refractivity contribution is 5.32. The minimum atomic E-state index is 0.633. The predicted molar refractivity (Wildman–Crippen MR) is 81.5 cm³/mol. The highest BCUT2D eigenvalue weighted by atomic mass is 14.9. The van der Waals surface area contributed by atoms with Crippen molar-refractivity contribution in [1.29, 1.82) is 0 Å². The van der Waals surface area contributed by atoms with Crippen molar-refractivity contribution < 1.29 is 0 Å². The van der Waals surface area contributed by atoms with Crippen LogP contribution >= 0.6 is 0 Å². The zero-order valence-electron chi connectivity index (χ0n) is 12.4. The van der Waals surface area contributed by atoms with E-state index < -0.39 is 0 Å². The Morgan fingerprint density at radius 1 is 1.26 bits per heavy atom. The fraction of sp³-hybridized carbons (Fsp3) is 0.667. The van der Waals surface area contributed by atoms with E-state index in [1.807, 2.05) is 0 Å². The van der Waals surface area contributed by atoms with Gasteiger partial charge in [0.2, 0.25) is 0 Å². The molecule has 1 heteroatoms. The quantitative estimate of drug-likeness (QED) is 0.836. The van der Waals surface area contributed by atoms with Crippen LogP contribution in [-0.4, -0.2) is 13.1 Å². The molecule has 3 rings (SSSR count). The Morgan fingerprint density at radius 3 is 2.79 bits per heavy atom. The van der Waals surface area contributed by atoms with Crippen LogP contribution in [-0.2, 0) is 6.42 Å². The van der Waals surface area contributed by atoms with Crippen LogP contribution in [0.15, 0.2) is 24.3 Å². The summed E-state index contributed by atoms with van der Waals surface area (Å²) in [5.41, 5.74) is 3.83. The standard InChI is InChI=1S/C18H27N/c1-14(2)18(10-11-18)13-19-12-16-8-5-7-15-6-3-4-9-17(15)16/h3-4,6,9,14,16,19H,5,7-8,10-13H2,1-2H3. The molecular formula is C18H27N. The molecule has 104 valence electrons. The SMILES string of the molecule is CC(C)C1(CNCC2CCCc3ccccc32)CC1. The summed E-state index contributed by atoms with van der Waals surface area (Å²) in [4.78, 5) is 0. The van der Waals surface area contributed by atoms with E-state index in [0.29, 0.717) is 5.41 Å². The Balaban J connectivity index is 1.57. The van der Waals surface area contributed by atoms with Crippen molar-refractivity contribution in [2.75, 3.05) is 13.1 Å². The molecule has 0 amide bonds.